The molecule has 3 rings (SSSR count). The van der Waals surface area contributed by atoms with Crippen molar-refractivity contribution < 1.29 is 9.13 Å². The van der Waals surface area contributed by atoms with E-state index in [1.807, 2.05) is 5.38 Å². The predicted molar refractivity (Wildman–Crippen MR) is 78.2 cm³/mol. The fourth-order valence-electron chi connectivity index (χ4n) is 2.28. The molecule has 0 bridgehead atoms. The number of hydrogen-bond donors (Lipinski definition) is 1. The van der Waals surface area contributed by atoms with Crippen LogP contribution in [0.1, 0.15) is 18.5 Å². The van der Waals surface area contributed by atoms with E-state index in [1.54, 1.807) is 23.5 Å². The van der Waals surface area contributed by atoms with Gasteiger partial charge in [-0.2, -0.15) is 0 Å². The Balaban J connectivity index is 1.55. The highest BCUT2D eigenvalue weighted by Crippen LogP contribution is 2.23. The molecular weight excluding hydrogens is 275 g/mol. The number of rotatable bonds is 5. The summed E-state index contributed by atoms with van der Waals surface area (Å²) in [7, 11) is 0. The van der Waals surface area contributed by atoms with E-state index in [0.29, 0.717) is 6.10 Å². The topological polar surface area (TPSA) is 34.2 Å². The average molecular weight is 292 g/mol. The minimum atomic E-state index is -0.219. The highest BCUT2D eigenvalue weighted by atomic mass is 32.1. The van der Waals surface area contributed by atoms with Gasteiger partial charge in [-0.15, -0.1) is 11.3 Å². The summed E-state index contributed by atoms with van der Waals surface area (Å²) >= 11 is 1.59. The minimum absolute atomic E-state index is 0.219. The summed E-state index contributed by atoms with van der Waals surface area (Å²) in [6.45, 7) is 2.51. The number of thiazole rings is 1. The summed E-state index contributed by atoms with van der Waals surface area (Å²) in [4.78, 5) is 4.57. The van der Waals surface area contributed by atoms with E-state index >= 15 is 0 Å². The first-order valence-electron chi connectivity index (χ1n) is 6.84. The highest BCUT2D eigenvalue weighted by Gasteiger charge is 2.14. The zero-order valence-corrected chi connectivity index (χ0v) is 12.0. The van der Waals surface area contributed by atoms with Crippen molar-refractivity contribution in [2.24, 2.45) is 0 Å². The van der Waals surface area contributed by atoms with Crippen LogP contribution in [0.2, 0.25) is 0 Å². The molecular formula is C15H17FN2OS. The molecule has 20 heavy (non-hydrogen) atoms. The lowest BCUT2D eigenvalue weighted by atomic mass is 10.2. The van der Waals surface area contributed by atoms with Gasteiger partial charge >= 0.3 is 0 Å². The largest absolute Gasteiger partial charge is 0.377 e. The van der Waals surface area contributed by atoms with E-state index in [1.165, 1.54) is 12.1 Å². The maximum absolute atomic E-state index is 12.9. The number of ether oxygens (including phenoxy) is 1. The summed E-state index contributed by atoms with van der Waals surface area (Å²) in [5.74, 6) is -0.219. The van der Waals surface area contributed by atoms with Gasteiger partial charge < -0.3 is 10.1 Å². The third-order valence-electron chi connectivity index (χ3n) is 3.35. The second kappa shape index (κ2) is 6.43. The smallest absolute Gasteiger partial charge is 0.123 e. The van der Waals surface area contributed by atoms with Crippen molar-refractivity contribution >= 4 is 11.3 Å². The Bertz CT molecular complexity index is 549. The Morgan fingerprint density at radius 1 is 1.35 bits per heavy atom. The summed E-state index contributed by atoms with van der Waals surface area (Å²) in [5.41, 5.74) is 1.98. The molecule has 0 saturated carbocycles. The second-order valence-electron chi connectivity index (χ2n) is 4.92. The van der Waals surface area contributed by atoms with Gasteiger partial charge in [0.15, 0.2) is 0 Å². The van der Waals surface area contributed by atoms with Gasteiger partial charge in [0.2, 0.25) is 0 Å². The lowest BCUT2D eigenvalue weighted by molar-refractivity contribution is 0.110. The maximum Gasteiger partial charge on any atom is 0.123 e. The summed E-state index contributed by atoms with van der Waals surface area (Å²) in [6, 6.07) is 6.45. The van der Waals surface area contributed by atoms with Gasteiger partial charge in [-0.25, -0.2) is 9.37 Å². The molecule has 3 nitrogen and oxygen atoms in total. The molecule has 1 aliphatic heterocycles. The van der Waals surface area contributed by atoms with Crippen LogP contribution in [-0.2, 0) is 11.3 Å². The quantitative estimate of drug-likeness (QED) is 0.919. The van der Waals surface area contributed by atoms with Gasteiger partial charge in [0.05, 0.1) is 11.8 Å². The standard InChI is InChI=1S/C15H17FN2OS/c16-12-5-3-11(4-6-12)15-18-13(10-20-15)8-17-9-14-2-1-7-19-14/h3-6,10,14,17H,1-2,7-9H2. The average Bonchev–Trinajstić information content (AvgIpc) is 3.11. The Labute approximate surface area is 121 Å². The van der Waals surface area contributed by atoms with Crippen molar-refractivity contribution in [1.29, 1.82) is 0 Å². The number of aromatic nitrogens is 1. The monoisotopic (exact) mass is 292 g/mol. The van der Waals surface area contributed by atoms with Crippen LogP contribution in [0, 0.1) is 5.82 Å². The Kier molecular flexibility index (Phi) is 4.40. The van der Waals surface area contributed by atoms with Crippen LogP contribution in [0.15, 0.2) is 29.6 Å². The minimum Gasteiger partial charge on any atom is -0.377 e. The van der Waals surface area contributed by atoms with E-state index in [9.17, 15) is 4.39 Å². The SMILES string of the molecule is Fc1ccc(-c2nc(CNCC3CCCO3)cs2)cc1. The first kappa shape index (κ1) is 13.7. The summed E-state index contributed by atoms with van der Waals surface area (Å²) < 4.78 is 18.4. The third kappa shape index (κ3) is 3.42. The lowest BCUT2D eigenvalue weighted by Crippen LogP contribution is -2.25. The normalized spacial score (nSPS) is 18.6. The Morgan fingerprint density at radius 3 is 2.95 bits per heavy atom. The molecule has 2 heterocycles. The highest BCUT2D eigenvalue weighted by molar-refractivity contribution is 7.13. The van der Waals surface area contributed by atoms with Crippen molar-refractivity contribution in [3.63, 3.8) is 0 Å². The molecule has 1 fully saturated rings. The first-order valence-corrected chi connectivity index (χ1v) is 7.72. The van der Waals surface area contributed by atoms with Crippen molar-refractivity contribution in [3.05, 3.63) is 41.2 Å². The molecule has 1 aromatic heterocycles. The van der Waals surface area contributed by atoms with Gasteiger partial charge in [-0.05, 0) is 37.1 Å². The van der Waals surface area contributed by atoms with Crippen molar-refractivity contribution in [1.82, 2.24) is 10.3 Å². The van der Waals surface area contributed by atoms with Gasteiger partial charge in [-0.3, -0.25) is 0 Å². The van der Waals surface area contributed by atoms with E-state index in [0.717, 1.165) is 48.8 Å². The van der Waals surface area contributed by atoms with Crippen LogP contribution in [0.3, 0.4) is 0 Å². The maximum atomic E-state index is 12.9. The van der Waals surface area contributed by atoms with Crippen molar-refractivity contribution in [2.75, 3.05) is 13.2 Å². The molecule has 0 amide bonds. The fraction of sp³-hybridized carbons (Fsp3) is 0.400. The van der Waals surface area contributed by atoms with Crippen LogP contribution in [-0.4, -0.2) is 24.2 Å². The number of nitrogens with one attached hydrogen (secondary N) is 1. The second-order valence-corrected chi connectivity index (χ2v) is 5.77. The van der Waals surface area contributed by atoms with Gasteiger partial charge in [0.25, 0.3) is 0 Å². The molecule has 0 aliphatic carbocycles. The van der Waals surface area contributed by atoms with Crippen molar-refractivity contribution in [2.45, 2.75) is 25.5 Å². The van der Waals surface area contributed by atoms with Crippen LogP contribution < -0.4 is 5.32 Å². The zero-order valence-electron chi connectivity index (χ0n) is 11.1. The number of halogens is 1. The fourth-order valence-corrected chi connectivity index (χ4v) is 3.11. The molecule has 1 atom stereocenters. The molecule has 106 valence electrons. The number of nitrogens with zero attached hydrogens (tertiary/aromatic N) is 1. The summed E-state index contributed by atoms with van der Waals surface area (Å²) in [5, 5.41) is 6.35. The first-order chi connectivity index (χ1) is 9.81. The van der Waals surface area contributed by atoms with Crippen LogP contribution in [0.25, 0.3) is 10.6 Å². The molecule has 1 aliphatic rings. The van der Waals surface area contributed by atoms with Gasteiger partial charge in [0.1, 0.15) is 10.8 Å². The molecule has 1 aromatic carbocycles. The molecule has 0 radical (unpaired) electrons. The molecule has 5 heteroatoms. The Morgan fingerprint density at radius 2 is 2.20 bits per heavy atom. The lowest BCUT2D eigenvalue weighted by Gasteiger charge is -2.09. The van der Waals surface area contributed by atoms with Crippen molar-refractivity contribution in [3.8, 4) is 10.6 Å². The van der Waals surface area contributed by atoms with Gasteiger partial charge in [0, 0.05) is 30.6 Å². The summed E-state index contributed by atoms with van der Waals surface area (Å²) in [6.07, 6.45) is 2.66. The van der Waals surface area contributed by atoms with E-state index in [-0.39, 0.29) is 5.82 Å². The van der Waals surface area contributed by atoms with Gasteiger partial charge in [-0.1, -0.05) is 0 Å². The van der Waals surface area contributed by atoms with Crippen LogP contribution >= 0.6 is 11.3 Å². The third-order valence-corrected chi connectivity index (χ3v) is 4.29. The van der Waals surface area contributed by atoms with E-state index in [4.69, 9.17) is 4.74 Å². The zero-order chi connectivity index (χ0) is 13.8. The van der Waals surface area contributed by atoms with E-state index < -0.39 is 0 Å². The number of benzene rings is 1. The molecule has 1 N–H and O–H groups in total. The molecule has 1 unspecified atom stereocenters. The molecule has 1 saturated heterocycles. The number of hydrogen-bond acceptors (Lipinski definition) is 4. The predicted octanol–water partition coefficient (Wildman–Crippen LogP) is 3.22. The van der Waals surface area contributed by atoms with E-state index in [2.05, 4.69) is 10.3 Å². The van der Waals surface area contributed by atoms with Crippen LogP contribution in [0.4, 0.5) is 4.39 Å². The Hall–Kier alpha value is -1.30. The molecule has 2 aromatic rings. The van der Waals surface area contributed by atoms with Crippen LogP contribution in [0.5, 0.6) is 0 Å². The molecule has 0 spiro atoms.